The molecule has 1 aromatic rings. The molecule has 23 heavy (non-hydrogen) atoms. The van der Waals surface area contributed by atoms with Crippen molar-refractivity contribution in [2.45, 2.75) is 6.92 Å². The summed E-state index contributed by atoms with van der Waals surface area (Å²) in [7, 11) is 2.07. The van der Waals surface area contributed by atoms with Gasteiger partial charge in [0.05, 0.1) is 5.71 Å². The molecule has 2 aliphatic rings. The van der Waals surface area contributed by atoms with E-state index in [0.29, 0.717) is 5.71 Å². The Labute approximate surface area is 136 Å². The predicted molar refractivity (Wildman–Crippen MR) is 96.4 cm³/mol. The average molecular weight is 302 g/mol. The minimum atomic E-state index is -0.184. The van der Waals surface area contributed by atoms with Crippen molar-refractivity contribution in [2.75, 3.05) is 11.9 Å². The van der Waals surface area contributed by atoms with Crippen LogP contribution in [0.3, 0.4) is 0 Å². The lowest BCUT2D eigenvalue weighted by Crippen LogP contribution is -2.18. The summed E-state index contributed by atoms with van der Waals surface area (Å²) in [5.41, 5.74) is 5.31. The van der Waals surface area contributed by atoms with Gasteiger partial charge in [-0.3, -0.25) is 4.79 Å². The molecule has 0 N–H and O–H groups in total. The second-order valence-corrected chi connectivity index (χ2v) is 5.43. The van der Waals surface area contributed by atoms with Crippen molar-refractivity contribution in [3.8, 4) is 0 Å². The predicted octanol–water partition coefficient (Wildman–Crippen LogP) is 4.07. The molecule has 0 atom stereocenters. The molecule has 0 fully saturated rings. The average Bonchev–Trinajstić information content (AvgIpc) is 2.55. The van der Waals surface area contributed by atoms with Crippen LogP contribution in [0.4, 0.5) is 5.69 Å². The van der Waals surface area contributed by atoms with Crippen molar-refractivity contribution in [1.29, 1.82) is 0 Å². The van der Waals surface area contributed by atoms with Crippen LogP contribution in [0.1, 0.15) is 12.5 Å². The molecule has 0 aromatic heterocycles. The lowest BCUT2D eigenvalue weighted by atomic mass is 10.0. The molecule has 3 nitrogen and oxygen atoms in total. The van der Waals surface area contributed by atoms with Gasteiger partial charge in [-0.1, -0.05) is 42.5 Å². The smallest absolute Gasteiger partial charge is 0.243 e. The highest BCUT2D eigenvalue weighted by Crippen LogP contribution is 2.29. The molecule has 3 rings (SSSR count). The molecule has 0 saturated heterocycles. The van der Waals surface area contributed by atoms with E-state index in [1.54, 1.807) is 0 Å². The van der Waals surface area contributed by atoms with Gasteiger partial charge in [-0.25, -0.2) is 4.99 Å². The number of allylic oxidation sites excluding steroid dienone is 8. The molecule has 3 heteroatoms. The maximum atomic E-state index is 11.0. The fourth-order valence-electron chi connectivity index (χ4n) is 2.55. The SMILES string of the molecule is CC(=O)N=C1C=CC(=C/C=C2/C=Cc3ccccc3N2C)C=C1. The van der Waals surface area contributed by atoms with Gasteiger partial charge in [-0.2, -0.15) is 0 Å². The molecular formula is C20H18N2O. The number of para-hydroxylation sites is 1. The first-order valence-electron chi connectivity index (χ1n) is 7.52. The second-order valence-electron chi connectivity index (χ2n) is 5.43. The van der Waals surface area contributed by atoms with Gasteiger partial charge in [0, 0.05) is 25.4 Å². The lowest BCUT2D eigenvalue weighted by molar-refractivity contribution is -0.115. The van der Waals surface area contributed by atoms with Gasteiger partial charge in [0.25, 0.3) is 0 Å². The highest BCUT2D eigenvalue weighted by atomic mass is 16.1. The van der Waals surface area contributed by atoms with Crippen molar-refractivity contribution in [2.24, 2.45) is 4.99 Å². The summed E-state index contributed by atoms with van der Waals surface area (Å²) in [6.45, 7) is 1.45. The van der Waals surface area contributed by atoms with Gasteiger partial charge in [-0.15, -0.1) is 0 Å². The zero-order valence-electron chi connectivity index (χ0n) is 13.2. The van der Waals surface area contributed by atoms with Crippen molar-refractivity contribution in [3.05, 3.63) is 83.6 Å². The molecule has 0 saturated carbocycles. The number of anilines is 1. The minimum Gasteiger partial charge on any atom is -0.344 e. The van der Waals surface area contributed by atoms with E-state index in [4.69, 9.17) is 0 Å². The van der Waals surface area contributed by atoms with E-state index in [2.05, 4.69) is 53.4 Å². The Morgan fingerprint density at radius 2 is 1.74 bits per heavy atom. The Balaban J connectivity index is 1.80. The van der Waals surface area contributed by atoms with Crippen LogP contribution in [0, 0.1) is 0 Å². The Kier molecular flexibility index (Phi) is 4.20. The number of hydrogen-bond acceptors (Lipinski definition) is 2. The molecule has 0 bridgehead atoms. The summed E-state index contributed by atoms with van der Waals surface area (Å²) in [4.78, 5) is 17.0. The van der Waals surface area contributed by atoms with E-state index >= 15 is 0 Å². The van der Waals surface area contributed by atoms with Crippen molar-refractivity contribution >= 4 is 23.4 Å². The molecule has 0 radical (unpaired) electrons. The van der Waals surface area contributed by atoms with Crippen LogP contribution in [-0.2, 0) is 4.79 Å². The Morgan fingerprint density at radius 3 is 2.48 bits per heavy atom. The lowest BCUT2D eigenvalue weighted by Gasteiger charge is -2.26. The number of fused-ring (bicyclic) bond motifs is 1. The highest BCUT2D eigenvalue weighted by molar-refractivity contribution is 6.10. The monoisotopic (exact) mass is 302 g/mol. The summed E-state index contributed by atoms with van der Waals surface area (Å²) in [5.74, 6) is -0.184. The fraction of sp³-hybridized carbons (Fsp3) is 0.100. The van der Waals surface area contributed by atoms with E-state index in [1.807, 2.05) is 36.4 Å². The van der Waals surface area contributed by atoms with Crippen LogP contribution in [-0.4, -0.2) is 18.7 Å². The molecule has 114 valence electrons. The molecule has 1 amide bonds. The topological polar surface area (TPSA) is 32.7 Å². The maximum absolute atomic E-state index is 11.0. The standard InChI is InChI=1S/C20H18N2O/c1-15(23)21-18-11-7-16(8-12-18)9-13-19-14-10-17-5-3-4-6-20(17)22(19)2/h3-14H,1-2H3/b16-9?,19-13-,21-18?. The van der Waals surface area contributed by atoms with Crippen LogP contribution in [0.25, 0.3) is 6.08 Å². The van der Waals surface area contributed by atoms with E-state index < -0.39 is 0 Å². The molecular weight excluding hydrogens is 284 g/mol. The third-order valence-electron chi connectivity index (χ3n) is 3.75. The maximum Gasteiger partial charge on any atom is 0.243 e. The largest absolute Gasteiger partial charge is 0.344 e. The summed E-state index contributed by atoms with van der Waals surface area (Å²) in [6, 6.07) is 8.32. The Hall–Kier alpha value is -2.94. The zero-order chi connectivity index (χ0) is 16.2. The van der Waals surface area contributed by atoms with Crippen molar-refractivity contribution in [1.82, 2.24) is 0 Å². The summed E-state index contributed by atoms with van der Waals surface area (Å²) < 4.78 is 0. The molecule has 0 spiro atoms. The molecule has 1 heterocycles. The van der Waals surface area contributed by atoms with Crippen LogP contribution in [0.2, 0.25) is 0 Å². The number of likely N-dealkylation sites (N-methyl/N-ethyl adjacent to an activating group) is 1. The van der Waals surface area contributed by atoms with Gasteiger partial charge in [0.1, 0.15) is 0 Å². The molecule has 0 unspecified atom stereocenters. The summed E-state index contributed by atoms with van der Waals surface area (Å²) in [5, 5.41) is 0. The first-order valence-corrected chi connectivity index (χ1v) is 7.52. The molecule has 1 aromatic carbocycles. The van der Waals surface area contributed by atoms with Gasteiger partial charge in [-0.05, 0) is 41.5 Å². The zero-order valence-corrected chi connectivity index (χ0v) is 13.2. The third-order valence-corrected chi connectivity index (χ3v) is 3.75. The Morgan fingerprint density at radius 1 is 1.00 bits per heavy atom. The van der Waals surface area contributed by atoms with Crippen molar-refractivity contribution in [3.63, 3.8) is 0 Å². The first-order chi connectivity index (χ1) is 11.1. The molecule has 1 aliphatic carbocycles. The number of benzene rings is 1. The van der Waals surface area contributed by atoms with Crippen LogP contribution < -0.4 is 4.90 Å². The van der Waals surface area contributed by atoms with Gasteiger partial charge >= 0.3 is 0 Å². The number of rotatable bonds is 1. The van der Waals surface area contributed by atoms with E-state index in [9.17, 15) is 4.79 Å². The number of nitrogens with zero attached hydrogens (tertiary/aromatic N) is 2. The highest BCUT2D eigenvalue weighted by Gasteiger charge is 2.11. The number of aliphatic imine (C=N–C) groups is 1. The summed E-state index contributed by atoms with van der Waals surface area (Å²) >= 11 is 0. The van der Waals surface area contributed by atoms with E-state index in [1.165, 1.54) is 18.2 Å². The minimum absolute atomic E-state index is 0.184. The second kappa shape index (κ2) is 6.44. The normalized spacial score (nSPS) is 17.5. The fourth-order valence-corrected chi connectivity index (χ4v) is 2.55. The van der Waals surface area contributed by atoms with Crippen LogP contribution in [0.15, 0.2) is 83.1 Å². The number of hydrogen-bond donors (Lipinski definition) is 0. The number of carbonyl (C=O) groups is 1. The summed E-state index contributed by atoms with van der Waals surface area (Å²) in [6.07, 6.45) is 16.0. The number of amides is 1. The van der Waals surface area contributed by atoms with Gasteiger partial charge < -0.3 is 4.90 Å². The number of carbonyl (C=O) groups excluding carboxylic acids is 1. The first kappa shape index (κ1) is 15.0. The van der Waals surface area contributed by atoms with Crippen LogP contribution in [0.5, 0.6) is 0 Å². The van der Waals surface area contributed by atoms with E-state index in [-0.39, 0.29) is 5.91 Å². The van der Waals surface area contributed by atoms with Crippen molar-refractivity contribution < 1.29 is 4.79 Å². The third kappa shape index (κ3) is 3.46. The Bertz CT molecular complexity index is 802. The van der Waals surface area contributed by atoms with E-state index in [0.717, 1.165) is 11.3 Å². The van der Waals surface area contributed by atoms with Gasteiger partial charge in [0.15, 0.2) is 0 Å². The van der Waals surface area contributed by atoms with Crippen LogP contribution >= 0.6 is 0 Å². The van der Waals surface area contributed by atoms with Gasteiger partial charge in [0.2, 0.25) is 5.91 Å². The quantitative estimate of drug-likeness (QED) is 0.783. The molecule has 1 aliphatic heterocycles.